The van der Waals surface area contributed by atoms with E-state index in [1.807, 2.05) is 0 Å². The zero-order chi connectivity index (χ0) is 14.5. The Labute approximate surface area is 121 Å². The van der Waals surface area contributed by atoms with Gasteiger partial charge in [0.05, 0.1) is 11.4 Å². The highest BCUT2D eigenvalue weighted by molar-refractivity contribution is 6.32. The first-order valence-corrected chi connectivity index (χ1v) is 6.41. The third kappa shape index (κ3) is 3.96. The zero-order valence-corrected chi connectivity index (χ0v) is 11.3. The summed E-state index contributed by atoms with van der Waals surface area (Å²) in [5, 5.41) is 12.2. The van der Waals surface area contributed by atoms with Crippen molar-refractivity contribution in [3.8, 4) is 5.75 Å². The van der Waals surface area contributed by atoms with Crippen LogP contribution in [0.2, 0.25) is 5.02 Å². The lowest BCUT2D eigenvalue weighted by Crippen LogP contribution is -2.24. The van der Waals surface area contributed by atoms with Crippen LogP contribution in [0.5, 0.6) is 5.75 Å². The van der Waals surface area contributed by atoms with Gasteiger partial charge in [-0.2, -0.15) is 0 Å². The summed E-state index contributed by atoms with van der Waals surface area (Å²) >= 11 is 5.76. The van der Waals surface area contributed by atoms with Crippen molar-refractivity contribution in [1.29, 1.82) is 0 Å². The Bertz CT molecular complexity index is 631. The molecule has 5 heteroatoms. The van der Waals surface area contributed by atoms with Crippen LogP contribution in [-0.4, -0.2) is 11.0 Å². The van der Waals surface area contributed by atoms with E-state index in [4.69, 9.17) is 11.6 Å². The number of carbonyl (C=O) groups excluding carboxylic acids is 1. The molecule has 1 amide bonds. The van der Waals surface area contributed by atoms with E-state index in [1.165, 1.54) is 18.2 Å². The number of carbonyl (C=O) groups is 1. The van der Waals surface area contributed by atoms with Crippen LogP contribution >= 0.6 is 11.6 Å². The molecule has 0 fully saturated rings. The van der Waals surface area contributed by atoms with E-state index in [9.17, 15) is 14.3 Å². The molecule has 0 aliphatic heterocycles. The van der Waals surface area contributed by atoms with Crippen LogP contribution in [0.1, 0.15) is 11.1 Å². The molecule has 3 nitrogen and oxygen atoms in total. The topological polar surface area (TPSA) is 49.3 Å². The van der Waals surface area contributed by atoms with Gasteiger partial charge in [0, 0.05) is 6.54 Å². The zero-order valence-electron chi connectivity index (χ0n) is 10.6. The summed E-state index contributed by atoms with van der Waals surface area (Å²) in [4.78, 5) is 11.8. The molecule has 0 aromatic heterocycles. The first kappa shape index (κ1) is 14.3. The number of halogens is 2. The van der Waals surface area contributed by atoms with Gasteiger partial charge < -0.3 is 10.4 Å². The molecule has 0 radical (unpaired) electrons. The second kappa shape index (κ2) is 6.39. The number of nitrogens with one attached hydrogen (secondary N) is 1. The standard InChI is InChI=1S/C15H13ClFNO2/c16-13-7-10(4-5-14(13)19)8-15(20)18-9-11-2-1-3-12(17)6-11/h1-7,19H,8-9H2,(H,18,20). The summed E-state index contributed by atoms with van der Waals surface area (Å²) in [6.07, 6.45) is 0.148. The molecule has 0 aliphatic rings. The maximum atomic E-state index is 13.0. The minimum atomic E-state index is -0.331. The SMILES string of the molecule is O=C(Cc1ccc(O)c(Cl)c1)NCc1cccc(F)c1. The lowest BCUT2D eigenvalue weighted by molar-refractivity contribution is -0.120. The molecule has 0 saturated heterocycles. The molecule has 0 unspecified atom stereocenters. The second-order valence-electron chi connectivity index (χ2n) is 4.37. The summed E-state index contributed by atoms with van der Waals surface area (Å²) in [6.45, 7) is 0.266. The van der Waals surface area contributed by atoms with Gasteiger partial charge in [-0.25, -0.2) is 4.39 Å². The molecule has 2 N–H and O–H groups in total. The average molecular weight is 294 g/mol. The highest BCUT2D eigenvalue weighted by atomic mass is 35.5. The number of aromatic hydroxyl groups is 1. The molecule has 104 valence electrons. The van der Waals surface area contributed by atoms with Gasteiger partial charge in [-0.05, 0) is 35.4 Å². The third-order valence-corrected chi connectivity index (χ3v) is 3.06. The molecule has 2 aromatic carbocycles. The van der Waals surface area contributed by atoms with E-state index < -0.39 is 0 Å². The molecule has 2 aromatic rings. The van der Waals surface area contributed by atoms with E-state index in [0.29, 0.717) is 11.1 Å². The highest BCUT2D eigenvalue weighted by Crippen LogP contribution is 2.23. The minimum absolute atomic E-state index is 0.0180. The first-order valence-electron chi connectivity index (χ1n) is 6.03. The summed E-state index contributed by atoms with van der Waals surface area (Å²) in [5.41, 5.74) is 1.40. The van der Waals surface area contributed by atoms with Crippen LogP contribution in [0.15, 0.2) is 42.5 Å². The molecular formula is C15H13ClFNO2. The van der Waals surface area contributed by atoms with Gasteiger partial charge in [-0.3, -0.25) is 4.79 Å². The van der Waals surface area contributed by atoms with E-state index >= 15 is 0 Å². The predicted octanol–water partition coefficient (Wildman–Crippen LogP) is 3.04. The van der Waals surface area contributed by atoms with Crippen molar-refractivity contribution in [1.82, 2.24) is 5.32 Å². The van der Waals surface area contributed by atoms with Crippen LogP contribution in [0.3, 0.4) is 0 Å². The van der Waals surface area contributed by atoms with Crippen LogP contribution in [-0.2, 0) is 17.8 Å². The molecular weight excluding hydrogens is 281 g/mol. The van der Waals surface area contributed by atoms with E-state index in [-0.39, 0.29) is 35.5 Å². The van der Waals surface area contributed by atoms with Gasteiger partial charge in [-0.15, -0.1) is 0 Å². The largest absolute Gasteiger partial charge is 0.506 e. The maximum absolute atomic E-state index is 13.0. The normalized spacial score (nSPS) is 10.3. The van der Waals surface area contributed by atoms with Gasteiger partial charge in [-0.1, -0.05) is 29.8 Å². The van der Waals surface area contributed by atoms with E-state index in [2.05, 4.69) is 5.32 Å². The lowest BCUT2D eigenvalue weighted by Gasteiger charge is -2.06. The molecule has 20 heavy (non-hydrogen) atoms. The Morgan fingerprint density at radius 3 is 2.70 bits per heavy atom. The fraction of sp³-hybridized carbons (Fsp3) is 0.133. The summed E-state index contributed by atoms with van der Waals surface area (Å²) < 4.78 is 13.0. The van der Waals surface area contributed by atoms with Crippen LogP contribution in [0.25, 0.3) is 0 Å². The van der Waals surface area contributed by atoms with Gasteiger partial charge in [0.2, 0.25) is 5.91 Å². The predicted molar refractivity (Wildman–Crippen MR) is 75.1 cm³/mol. The van der Waals surface area contributed by atoms with Crippen LogP contribution in [0, 0.1) is 5.82 Å². The van der Waals surface area contributed by atoms with Crippen molar-refractivity contribution < 1.29 is 14.3 Å². The number of phenolic OH excluding ortho intramolecular Hbond substituents is 1. The van der Waals surface area contributed by atoms with Gasteiger partial charge >= 0.3 is 0 Å². The van der Waals surface area contributed by atoms with Crippen molar-refractivity contribution in [2.75, 3.05) is 0 Å². The van der Waals surface area contributed by atoms with Crippen molar-refractivity contribution >= 4 is 17.5 Å². The number of hydrogen-bond acceptors (Lipinski definition) is 2. The fourth-order valence-electron chi connectivity index (χ4n) is 1.76. The molecule has 0 spiro atoms. The second-order valence-corrected chi connectivity index (χ2v) is 4.78. The summed E-state index contributed by atoms with van der Waals surface area (Å²) in [5.74, 6) is -0.548. The number of hydrogen-bond donors (Lipinski definition) is 2. The Kier molecular flexibility index (Phi) is 4.58. The van der Waals surface area contributed by atoms with Crippen molar-refractivity contribution in [3.05, 3.63) is 64.4 Å². The third-order valence-electron chi connectivity index (χ3n) is 2.76. The van der Waals surface area contributed by atoms with Crippen molar-refractivity contribution in [2.24, 2.45) is 0 Å². The number of rotatable bonds is 4. The monoisotopic (exact) mass is 293 g/mol. The minimum Gasteiger partial charge on any atom is -0.506 e. The fourth-order valence-corrected chi connectivity index (χ4v) is 1.96. The molecule has 0 aliphatic carbocycles. The molecule has 0 bridgehead atoms. The summed E-state index contributed by atoms with van der Waals surface area (Å²) in [6, 6.07) is 10.7. The molecule has 0 heterocycles. The summed E-state index contributed by atoms with van der Waals surface area (Å²) in [7, 11) is 0. The lowest BCUT2D eigenvalue weighted by atomic mass is 10.1. The Morgan fingerprint density at radius 2 is 2.00 bits per heavy atom. The van der Waals surface area contributed by atoms with Gasteiger partial charge in [0.25, 0.3) is 0 Å². The molecule has 0 saturated carbocycles. The number of phenols is 1. The molecule has 0 atom stereocenters. The van der Waals surface area contributed by atoms with E-state index in [0.717, 1.165) is 0 Å². The Balaban J connectivity index is 1.91. The highest BCUT2D eigenvalue weighted by Gasteiger charge is 2.06. The van der Waals surface area contributed by atoms with Crippen molar-refractivity contribution in [2.45, 2.75) is 13.0 Å². The van der Waals surface area contributed by atoms with E-state index in [1.54, 1.807) is 24.3 Å². The number of amides is 1. The smallest absolute Gasteiger partial charge is 0.224 e. The average Bonchev–Trinajstić information content (AvgIpc) is 2.41. The van der Waals surface area contributed by atoms with Gasteiger partial charge in [0.1, 0.15) is 11.6 Å². The number of benzene rings is 2. The molecule has 2 rings (SSSR count). The van der Waals surface area contributed by atoms with Crippen LogP contribution in [0.4, 0.5) is 4.39 Å². The van der Waals surface area contributed by atoms with Crippen LogP contribution < -0.4 is 5.32 Å². The Hall–Kier alpha value is -2.07. The maximum Gasteiger partial charge on any atom is 0.224 e. The Morgan fingerprint density at radius 1 is 1.20 bits per heavy atom. The van der Waals surface area contributed by atoms with Crippen molar-refractivity contribution in [3.63, 3.8) is 0 Å². The van der Waals surface area contributed by atoms with Gasteiger partial charge in [0.15, 0.2) is 0 Å². The first-order chi connectivity index (χ1) is 9.54. The quantitative estimate of drug-likeness (QED) is 0.910.